The van der Waals surface area contributed by atoms with Crippen LogP contribution >= 0.6 is 0 Å². The molecule has 0 fully saturated rings. The van der Waals surface area contributed by atoms with Gasteiger partial charge in [-0.1, -0.05) is 18.2 Å². The Kier molecular flexibility index (Phi) is 3.22. The highest BCUT2D eigenvalue weighted by molar-refractivity contribution is 5.96. The van der Waals surface area contributed by atoms with Gasteiger partial charge in [0.05, 0.1) is 19.3 Å². The maximum Gasteiger partial charge on any atom is 0.254 e. The molecule has 1 aromatic rings. The standard InChI is InChI=1S/C12H15NO3/c14-7-10(8-15)13-6-5-9-3-1-2-4-11(9)12(13)16/h1-4,10,14-15H,5-8H2. The lowest BCUT2D eigenvalue weighted by atomic mass is 9.98. The average molecular weight is 221 g/mol. The predicted molar refractivity (Wildman–Crippen MR) is 59.1 cm³/mol. The average Bonchev–Trinajstić information content (AvgIpc) is 2.34. The number of aliphatic hydroxyl groups is 2. The lowest BCUT2D eigenvalue weighted by Crippen LogP contribution is -2.48. The number of carbonyl (C=O) groups is 1. The summed E-state index contributed by atoms with van der Waals surface area (Å²) in [4.78, 5) is 13.6. The molecule has 1 aliphatic heterocycles. The fourth-order valence-corrected chi connectivity index (χ4v) is 2.05. The SMILES string of the molecule is O=C1c2ccccc2CCN1C(CO)CO. The zero-order valence-corrected chi connectivity index (χ0v) is 8.97. The summed E-state index contributed by atoms with van der Waals surface area (Å²) >= 11 is 0. The van der Waals surface area contributed by atoms with Gasteiger partial charge >= 0.3 is 0 Å². The van der Waals surface area contributed by atoms with Crippen molar-refractivity contribution in [3.05, 3.63) is 35.4 Å². The molecule has 1 heterocycles. The first kappa shape index (κ1) is 11.1. The monoisotopic (exact) mass is 221 g/mol. The number of benzene rings is 1. The number of hydrogen-bond donors (Lipinski definition) is 2. The topological polar surface area (TPSA) is 60.8 Å². The number of nitrogens with zero attached hydrogens (tertiary/aromatic N) is 1. The molecule has 16 heavy (non-hydrogen) atoms. The second-order valence-corrected chi connectivity index (χ2v) is 3.92. The molecule has 0 bridgehead atoms. The second kappa shape index (κ2) is 4.63. The third-order valence-corrected chi connectivity index (χ3v) is 2.99. The maximum absolute atomic E-state index is 12.1. The van der Waals surface area contributed by atoms with E-state index < -0.39 is 6.04 Å². The van der Waals surface area contributed by atoms with Gasteiger partial charge in [0.25, 0.3) is 5.91 Å². The Morgan fingerprint density at radius 3 is 2.62 bits per heavy atom. The van der Waals surface area contributed by atoms with Crippen molar-refractivity contribution in [2.24, 2.45) is 0 Å². The Balaban J connectivity index is 2.27. The van der Waals surface area contributed by atoms with Crippen LogP contribution in [0.1, 0.15) is 15.9 Å². The number of amides is 1. The van der Waals surface area contributed by atoms with Crippen molar-refractivity contribution in [3.8, 4) is 0 Å². The van der Waals surface area contributed by atoms with E-state index in [0.29, 0.717) is 12.1 Å². The molecule has 4 nitrogen and oxygen atoms in total. The van der Waals surface area contributed by atoms with Gasteiger partial charge in [0, 0.05) is 12.1 Å². The van der Waals surface area contributed by atoms with Crippen LogP contribution in [0.15, 0.2) is 24.3 Å². The van der Waals surface area contributed by atoms with Crippen LogP contribution < -0.4 is 0 Å². The molecule has 1 aromatic carbocycles. The summed E-state index contributed by atoms with van der Waals surface area (Å²) in [6.45, 7) is 0.149. The summed E-state index contributed by atoms with van der Waals surface area (Å²) in [5, 5.41) is 18.2. The molecule has 2 N–H and O–H groups in total. The minimum atomic E-state index is -0.485. The minimum Gasteiger partial charge on any atom is -0.394 e. The van der Waals surface area contributed by atoms with Gasteiger partial charge < -0.3 is 15.1 Å². The number of fused-ring (bicyclic) bond motifs is 1. The molecule has 2 rings (SSSR count). The van der Waals surface area contributed by atoms with Crippen molar-refractivity contribution < 1.29 is 15.0 Å². The zero-order valence-electron chi connectivity index (χ0n) is 8.97. The molecule has 0 saturated carbocycles. The van der Waals surface area contributed by atoms with E-state index >= 15 is 0 Å². The summed E-state index contributed by atoms with van der Waals surface area (Å²) in [5.41, 5.74) is 1.72. The number of aliphatic hydroxyl groups excluding tert-OH is 2. The first-order valence-corrected chi connectivity index (χ1v) is 5.38. The van der Waals surface area contributed by atoms with Crippen molar-refractivity contribution in [2.75, 3.05) is 19.8 Å². The van der Waals surface area contributed by atoms with Gasteiger partial charge in [-0.15, -0.1) is 0 Å². The summed E-state index contributed by atoms with van der Waals surface area (Å²) in [7, 11) is 0. The van der Waals surface area contributed by atoms with Crippen molar-refractivity contribution in [1.82, 2.24) is 4.90 Å². The number of rotatable bonds is 3. The van der Waals surface area contributed by atoms with Gasteiger partial charge in [-0.25, -0.2) is 0 Å². The highest BCUT2D eigenvalue weighted by Gasteiger charge is 2.28. The molecule has 4 heteroatoms. The molecule has 0 unspecified atom stereocenters. The summed E-state index contributed by atoms with van der Waals surface area (Å²) in [6.07, 6.45) is 0.776. The summed E-state index contributed by atoms with van der Waals surface area (Å²) in [6, 6.07) is 6.98. The molecule has 1 amide bonds. The van der Waals surface area contributed by atoms with Crippen LogP contribution in [0.2, 0.25) is 0 Å². The number of carbonyl (C=O) groups excluding carboxylic acids is 1. The van der Waals surface area contributed by atoms with Gasteiger partial charge in [-0.2, -0.15) is 0 Å². The van der Waals surface area contributed by atoms with E-state index in [1.165, 1.54) is 0 Å². The normalized spacial score (nSPS) is 15.4. The third-order valence-electron chi connectivity index (χ3n) is 2.99. The lowest BCUT2D eigenvalue weighted by Gasteiger charge is -2.33. The smallest absolute Gasteiger partial charge is 0.254 e. The Labute approximate surface area is 94.1 Å². The molecule has 0 aromatic heterocycles. The molecule has 0 aliphatic carbocycles. The van der Waals surface area contributed by atoms with E-state index in [9.17, 15) is 4.79 Å². The summed E-state index contributed by atoms with van der Waals surface area (Å²) < 4.78 is 0. The molecule has 0 saturated heterocycles. The largest absolute Gasteiger partial charge is 0.394 e. The second-order valence-electron chi connectivity index (χ2n) is 3.92. The van der Waals surface area contributed by atoms with Gasteiger partial charge in [0.2, 0.25) is 0 Å². The highest BCUT2D eigenvalue weighted by atomic mass is 16.3. The molecule has 0 atom stereocenters. The predicted octanol–water partition coefficient (Wildman–Crippen LogP) is 0.0381. The van der Waals surface area contributed by atoms with E-state index in [4.69, 9.17) is 10.2 Å². The van der Waals surface area contributed by atoms with Crippen LogP contribution in [0.3, 0.4) is 0 Å². The Hall–Kier alpha value is -1.39. The van der Waals surface area contributed by atoms with Crippen LogP contribution in [-0.4, -0.2) is 46.8 Å². The minimum absolute atomic E-state index is 0.102. The van der Waals surface area contributed by atoms with E-state index in [-0.39, 0.29) is 19.1 Å². The van der Waals surface area contributed by atoms with Crippen LogP contribution in [0.4, 0.5) is 0 Å². The lowest BCUT2D eigenvalue weighted by molar-refractivity contribution is 0.0442. The van der Waals surface area contributed by atoms with Gasteiger partial charge in [0.15, 0.2) is 0 Å². The molecular weight excluding hydrogens is 206 g/mol. The fourth-order valence-electron chi connectivity index (χ4n) is 2.05. The van der Waals surface area contributed by atoms with Crippen LogP contribution in [0.5, 0.6) is 0 Å². The van der Waals surface area contributed by atoms with Crippen molar-refractivity contribution in [2.45, 2.75) is 12.5 Å². The fraction of sp³-hybridized carbons (Fsp3) is 0.417. The van der Waals surface area contributed by atoms with Crippen molar-refractivity contribution in [3.63, 3.8) is 0 Å². The zero-order chi connectivity index (χ0) is 11.5. The number of hydrogen-bond acceptors (Lipinski definition) is 3. The maximum atomic E-state index is 12.1. The Morgan fingerprint density at radius 2 is 1.94 bits per heavy atom. The van der Waals surface area contributed by atoms with Crippen LogP contribution in [-0.2, 0) is 6.42 Å². The highest BCUT2D eigenvalue weighted by Crippen LogP contribution is 2.20. The van der Waals surface area contributed by atoms with Crippen molar-refractivity contribution in [1.29, 1.82) is 0 Å². The van der Waals surface area contributed by atoms with E-state index in [2.05, 4.69) is 0 Å². The molecular formula is C12H15NO3. The van der Waals surface area contributed by atoms with E-state index in [1.807, 2.05) is 18.2 Å². The van der Waals surface area contributed by atoms with Crippen molar-refractivity contribution >= 4 is 5.91 Å². The molecule has 0 radical (unpaired) electrons. The molecule has 86 valence electrons. The Bertz CT molecular complexity index is 388. The van der Waals surface area contributed by atoms with Crippen LogP contribution in [0.25, 0.3) is 0 Å². The Morgan fingerprint density at radius 1 is 1.25 bits per heavy atom. The third kappa shape index (κ3) is 1.81. The quantitative estimate of drug-likeness (QED) is 0.757. The molecule has 1 aliphatic rings. The first-order valence-electron chi connectivity index (χ1n) is 5.38. The van der Waals surface area contributed by atoms with Gasteiger partial charge in [0.1, 0.15) is 0 Å². The van der Waals surface area contributed by atoms with Gasteiger partial charge in [-0.3, -0.25) is 4.79 Å². The van der Waals surface area contributed by atoms with Gasteiger partial charge in [-0.05, 0) is 18.1 Å². The first-order chi connectivity index (χ1) is 7.77. The van der Waals surface area contributed by atoms with E-state index in [0.717, 1.165) is 12.0 Å². The summed E-state index contributed by atoms with van der Waals surface area (Å²) in [5.74, 6) is -0.102. The van der Waals surface area contributed by atoms with Crippen LogP contribution in [0, 0.1) is 0 Å². The molecule has 0 spiro atoms. The van der Waals surface area contributed by atoms with E-state index in [1.54, 1.807) is 11.0 Å².